The number of rotatable bonds is 6. The van der Waals surface area contributed by atoms with Gasteiger partial charge in [-0.25, -0.2) is 0 Å². The lowest BCUT2D eigenvalue weighted by Gasteiger charge is -2.42. The number of fused-ring (bicyclic) bond motifs is 1. The van der Waals surface area contributed by atoms with Gasteiger partial charge >= 0.3 is 0 Å². The van der Waals surface area contributed by atoms with Gasteiger partial charge in [-0.15, -0.1) is 0 Å². The molecule has 3 N–H and O–H groups in total. The highest BCUT2D eigenvalue weighted by Gasteiger charge is 2.45. The van der Waals surface area contributed by atoms with Crippen LogP contribution in [0.4, 0.5) is 0 Å². The molecule has 2 amide bonds. The molecule has 0 spiro atoms. The summed E-state index contributed by atoms with van der Waals surface area (Å²) in [7, 11) is 0. The van der Waals surface area contributed by atoms with E-state index in [-0.39, 0.29) is 23.9 Å². The molecule has 2 heterocycles. The van der Waals surface area contributed by atoms with E-state index in [1.807, 2.05) is 44.2 Å². The Bertz CT molecular complexity index is 861. The zero-order valence-corrected chi connectivity index (χ0v) is 20.9. The van der Waals surface area contributed by atoms with Gasteiger partial charge in [-0.1, -0.05) is 57.0 Å². The van der Waals surface area contributed by atoms with Crippen LogP contribution in [0.25, 0.3) is 0 Å². The van der Waals surface area contributed by atoms with Gasteiger partial charge in [0.1, 0.15) is 19.2 Å². The van der Waals surface area contributed by atoms with Crippen molar-refractivity contribution >= 4 is 24.4 Å². The van der Waals surface area contributed by atoms with Crippen LogP contribution in [0.3, 0.4) is 0 Å². The first-order valence-electron chi connectivity index (χ1n) is 12.7. The molecule has 0 unspecified atom stereocenters. The van der Waals surface area contributed by atoms with Crippen LogP contribution in [0.2, 0.25) is 0 Å². The Balaban J connectivity index is 0.000000368. The van der Waals surface area contributed by atoms with Crippen molar-refractivity contribution in [1.82, 2.24) is 15.5 Å². The molecule has 3 aliphatic rings. The molecule has 2 aliphatic heterocycles. The second kappa shape index (κ2) is 15.1. The second-order valence-corrected chi connectivity index (χ2v) is 8.86. The maximum atomic E-state index is 12.7. The first-order chi connectivity index (χ1) is 17.0. The number of hydrogen-bond donors (Lipinski definition) is 3. The number of nitrogens with one attached hydrogen (secondary N) is 2. The van der Waals surface area contributed by atoms with Crippen molar-refractivity contribution in [1.29, 1.82) is 0 Å². The van der Waals surface area contributed by atoms with E-state index in [2.05, 4.69) is 10.6 Å². The van der Waals surface area contributed by atoms with Gasteiger partial charge in [0.25, 0.3) is 5.91 Å². The van der Waals surface area contributed by atoms with E-state index in [0.717, 1.165) is 62.4 Å². The average molecular weight is 486 g/mol. The molecule has 8 nitrogen and oxygen atoms in total. The number of hydrogen-bond acceptors (Lipinski definition) is 6. The summed E-state index contributed by atoms with van der Waals surface area (Å²) < 4.78 is 0. The zero-order chi connectivity index (χ0) is 25.6. The van der Waals surface area contributed by atoms with Gasteiger partial charge in [-0.05, 0) is 31.2 Å². The minimum Gasteiger partial charge on any atom is -0.387 e. The first-order valence-corrected chi connectivity index (χ1v) is 12.7. The summed E-state index contributed by atoms with van der Waals surface area (Å²) in [5, 5.41) is 16.0. The van der Waals surface area contributed by atoms with E-state index < -0.39 is 12.6 Å². The second-order valence-electron chi connectivity index (χ2n) is 8.86. The maximum Gasteiger partial charge on any atom is 0.251 e. The summed E-state index contributed by atoms with van der Waals surface area (Å²) in [5.74, 6) is -0.452. The molecule has 8 heteroatoms. The van der Waals surface area contributed by atoms with E-state index in [9.17, 15) is 24.3 Å². The normalized spacial score (nSPS) is 22.5. The third-order valence-corrected chi connectivity index (χ3v) is 6.35. The monoisotopic (exact) mass is 485 g/mol. The van der Waals surface area contributed by atoms with Crippen LogP contribution in [0.15, 0.2) is 41.6 Å². The smallest absolute Gasteiger partial charge is 0.251 e. The van der Waals surface area contributed by atoms with Crippen LogP contribution in [0.1, 0.15) is 76.8 Å². The van der Waals surface area contributed by atoms with E-state index in [0.29, 0.717) is 25.0 Å². The number of aliphatic hydroxyl groups is 1. The molecule has 1 aromatic carbocycles. The van der Waals surface area contributed by atoms with E-state index >= 15 is 0 Å². The van der Waals surface area contributed by atoms with Crippen molar-refractivity contribution in [3.63, 3.8) is 0 Å². The van der Waals surface area contributed by atoms with Crippen molar-refractivity contribution in [2.45, 2.75) is 83.3 Å². The number of carbonyl (C=O) groups is 4. The molecular formula is C27H39N3O5. The predicted octanol–water partition coefficient (Wildman–Crippen LogP) is 2.82. The van der Waals surface area contributed by atoms with Crippen molar-refractivity contribution in [3.05, 3.63) is 47.2 Å². The van der Waals surface area contributed by atoms with Gasteiger partial charge in [0.2, 0.25) is 5.91 Å². The van der Waals surface area contributed by atoms with Crippen LogP contribution in [-0.4, -0.2) is 59.6 Å². The third-order valence-electron chi connectivity index (χ3n) is 6.35. The van der Waals surface area contributed by atoms with Crippen LogP contribution in [-0.2, 0) is 19.2 Å². The number of carbonyl (C=O) groups excluding carboxylic acids is 4. The van der Waals surface area contributed by atoms with Crippen LogP contribution < -0.4 is 10.6 Å². The first kappa shape index (κ1) is 28.2. The lowest BCUT2D eigenvalue weighted by atomic mass is 9.87. The van der Waals surface area contributed by atoms with Crippen molar-refractivity contribution in [3.8, 4) is 0 Å². The lowest BCUT2D eigenvalue weighted by molar-refractivity contribution is -0.140. The molecule has 0 saturated heterocycles. The van der Waals surface area contributed by atoms with E-state index in [1.54, 1.807) is 4.90 Å². The van der Waals surface area contributed by atoms with Gasteiger partial charge < -0.3 is 30.2 Å². The minimum atomic E-state index is -0.545. The van der Waals surface area contributed by atoms with Crippen LogP contribution in [0, 0.1) is 0 Å². The molecular weight excluding hydrogens is 446 g/mol. The summed E-state index contributed by atoms with van der Waals surface area (Å²) in [5.41, 5.74) is 2.41. The fraction of sp³-hybridized carbons (Fsp3) is 0.556. The van der Waals surface area contributed by atoms with Crippen molar-refractivity contribution < 1.29 is 24.3 Å². The third kappa shape index (κ3) is 7.49. The average Bonchev–Trinajstić information content (AvgIpc) is 3.16. The molecule has 35 heavy (non-hydrogen) atoms. The number of aldehydes is 2. The van der Waals surface area contributed by atoms with Gasteiger partial charge in [-0.2, -0.15) is 0 Å². The molecule has 1 saturated carbocycles. The quantitative estimate of drug-likeness (QED) is 0.534. The highest BCUT2D eigenvalue weighted by atomic mass is 16.3. The van der Waals surface area contributed by atoms with Crippen LogP contribution in [0.5, 0.6) is 0 Å². The minimum absolute atomic E-state index is 0.0167. The van der Waals surface area contributed by atoms with Gasteiger partial charge in [0.15, 0.2) is 0 Å². The lowest BCUT2D eigenvalue weighted by Crippen LogP contribution is -2.54. The fourth-order valence-corrected chi connectivity index (χ4v) is 4.69. The Morgan fingerprint density at radius 2 is 1.69 bits per heavy atom. The highest BCUT2D eigenvalue weighted by Crippen LogP contribution is 2.40. The molecule has 1 aromatic rings. The largest absolute Gasteiger partial charge is 0.387 e. The topological polar surface area (TPSA) is 116 Å². The van der Waals surface area contributed by atoms with Gasteiger partial charge in [0.05, 0.1) is 24.2 Å². The van der Waals surface area contributed by atoms with Crippen molar-refractivity contribution in [2.24, 2.45) is 0 Å². The summed E-state index contributed by atoms with van der Waals surface area (Å²) in [6.07, 6.45) is 9.24. The molecule has 3 atom stereocenters. The Morgan fingerprint density at radius 3 is 2.23 bits per heavy atom. The molecule has 0 bridgehead atoms. The van der Waals surface area contributed by atoms with Gasteiger partial charge in [0, 0.05) is 24.6 Å². The zero-order valence-electron chi connectivity index (χ0n) is 20.9. The Kier molecular flexibility index (Phi) is 12.2. The highest BCUT2D eigenvalue weighted by molar-refractivity contribution is 5.99. The number of aliphatic hydroxyl groups excluding tert-OH is 1. The van der Waals surface area contributed by atoms with E-state index in [1.165, 1.54) is 0 Å². The SMILES string of the molecule is CCCC=O.CCCC=O.O=C1NCC2=C1[C@@H](c1ccccc1)N(C(=O)CO)[C@@H]1CCCC[C@H]1N2. The Labute approximate surface area is 208 Å². The molecule has 1 aliphatic carbocycles. The Morgan fingerprint density at radius 1 is 1.06 bits per heavy atom. The fourth-order valence-electron chi connectivity index (χ4n) is 4.69. The summed E-state index contributed by atoms with van der Waals surface area (Å²) in [4.78, 5) is 45.9. The number of unbranched alkanes of at least 4 members (excludes halogenated alkanes) is 2. The molecule has 0 aromatic heterocycles. The van der Waals surface area contributed by atoms with Gasteiger partial charge in [-0.3, -0.25) is 9.59 Å². The molecule has 1 fully saturated rings. The number of amides is 2. The molecule has 192 valence electrons. The predicted molar refractivity (Wildman–Crippen MR) is 134 cm³/mol. The summed E-state index contributed by atoms with van der Waals surface area (Å²) >= 11 is 0. The standard InChI is InChI=1S/C19H23N3O3.2C4H8O/c23-11-16(24)22-15-9-5-4-8-13(15)21-14-10-20-19(25)17(14)18(22)12-6-2-1-3-7-12;2*1-2-3-4-5/h1-3,6-7,13,15,18,21,23H,4-5,8-11H2,(H,20,25);2*4H,2-3H2,1H3/t13-,15-,18-;;/m1../s1. The molecule has 4 rings (SSSR count). The number of benzene rings is 1. The number of nitrogens with zero attached hydrogens (tertiary/aromatic N) is 1. The Hall–Kier alpha value is -3.00. The molecule has 0 radical (unpaired) electrons. The van der Waals surface area contributed by atoms with Crippen LogP contribution >= 0.6 is 0 Å². The van der Waals surface area contributed by atoms with E-state index in [4.69, 9.17) is 0 Å². The van der Waals surface area contributed by atoms with Crippen molar-refractivity contribution in [2.75, 3.05) is 13.2 Å². The summed E-state index contributed by atoms with van der Waals surface area (Å²) in [6, 6.07) is 9.29. The maximum absolute atomic E-state index is 12.7. The summed E-state index contributed by atoms with van der Waals surface area (Å²) in [6.45, 7) is 3.89.